The van der Waals surface area contributed by atoms with E-state index >= 15 is 0 Å². The Kier molecular flexibility index (Phi) is 7.34. The summed E-state index contributed by atoms with van der Waals surface area (Å²) < 4.78 is 0. The second-order valence-electron chi connectivity index (χ2n) is 4.61. The van der Waals surface area contributed by atoms with Crippen LogP contribution in [0.25, 0.3) is 0 Å². The number of aromatic nitrogens is 2. The molecule has 0 unspecified atom stereocenters. The molecular weight excluding hydrogens is 224 g/mol. The molecule has 1 heterocycles. The van der Waals surface area contributed by atoms with Crippen molar-refractivity contribution in [1.82, 2.24) is 15.5 Å². The Hall–Kier alpha value is -1.16. The lowest BCUT2D eigenvalue weighted by molar-refractivity contribution is 0.663. The molecule has 0 saturated heterocycles. The van der Waals surface area contributed by atoms with Gasteiger partial charge in [-0.25, -0.2) is 0 Å². The maximum atomic E-state index is 4.34. The lowest BCUT2D eigenvalue weighted by Gasteiger charge is -2.22. The minimum atomic E-state index is 0.775. The molecule has 4 nitrogen and oxygen atoms in total. The molecule has 0 amide bonds. The molecule has 1 aromatic rings. The molecule has 0 bridgehead atoms. The number of rotatable bonds is 9. The van der Waals surface area contributed by atoms with Gasteiger partial charge in [0.1, 0.15) is 0 Å². The van der Waals surface area contributed by atoms with Gasteiger partial charge in [-0.15, -0.1) is 5.10 Å². The fraction of sp³-hybridized carbons (Fsp3) is 0.714. The zero-order valence-electron chi connectivity index (χ0n) is 11.9. The second kappa shape index (κ2) is 8.86. The van der Waals surface area contributed by atoms with Crippen LogP contribution < -0.4 is 10.2 Å². The molecule has 0 saturated carbocycles. The van der Waals surface area contributed by atoms with Gasteiger partial charge in [0.05, 0.1) is 5.69 Å². The average Bonchev–Trinajstić information content (AvgIpc) is 2.41. The van der Waals surface area contributed by atoms with Crippen LogP contribution in [0.5, 0.6) is 0 Å². The zero-order chi connectivity index (χ0) is 13.2. The van der Waals surface area contributed by atoms with Crippen LogP contribution in [0, 0.1) is 0 Å². The quantitative estimate of drug-likeness (QED) is 0.731. The molecule has 0 atom stereocenters. The molecule has 0 aromatic carbocycles. The van der Waals surface area contributed by atoms with Crippen molar-refractivity contribution in [2.45, 2.75) is 46.1 Å². The van der Waals surface area contributed by atoms with E-state index in [0.29, 0.717) is 0 Å². The first-order valence-corrected chi connectivity index (χ1v) is 7.04. The van der Waals surface area contributed by atoms with Gasteiger partial charge in [-0.1, -0.05) is 26.7 Å². The number of unbranched alkanes of at least 4 members (excludes halogenated alkanes) is 2. The van der Waals surface area contributed by atoms with Crippen molar-refractivity contribution in [1.29, 1.82) is 0 Å². The van der Waals surface area contributed by atoms with Gasteiger partial charge in [-0.2, -0.15) is 5.10 Å². The lowest BCUT2D eigenvalue weighted by Crippen LogP contribution is -2.27. The summed E-state index contributed by atoms with van der Waals surface area (Å²) >= 11 is 0. The highest BCUT2D eigenvalue weighted by Crippen LogP contribution is 2.12. The van der Waals surface area contributed by atoms with Crippen molar-refractivity contribution in [3.8, 4) is 0 Å². The normalized spacial score (nSPS) is 10.6. The lowest BCUT2D eigenvalue weighted by atomic mass is 10.2. The second-order valence-corrected chi connectivity index (χ2v) is 4.61. The van der Waals surface area contributed by atoms with Crippen LogP contribution in [0.4, 0.5) is 5.82 Å². The number of hydrogen-bond acceptors (Lipinski definition) is 4. The Morgan fingerprint density at radius 3 is 2.17 bits per heavy atom. The third-order valence-corrected chi connectivity index (χ3v) is 2.95. The summed E-state index contributed by atoms with van der Waals surface area (Å²) in [6.07, 6.45) is 4.86. The number of nitrogens with one attached hydrogen (secondary N) is 1. The number of nitrogens with zero attached hydrogens (tertiary/aromatic N) is 3. The van der Waals surface area contributed by atoms with E-state index in [0.717, 1.165) is 31.1 Å². The smallest absolute Gasteiger partial charge is 0.151 e. The van der Waals surface area contributed by atoms with Crippen LogP contribution >= 0.6 is 0 Å². The minimum Gasteiger partial charge on any atom is -0.355 e. The van der Waals surface area contributed by atoms with Gasteiger partial charge >= 0.3 is 0 Å². The molecule has 0 fully saturated rings. The van der Waals surface area contributed by atoms with E-state index in [2.05, 4.69) is 46.4 Å². The zero-order valence-corrected chi connectivity index (χ0v) is 11.9. The van der Waals surface area contributed by atoms with Crippen molar-refractivity contribution in [3.05, 3.63) is 17.8 Å². The van der Waals surface area contributed by atoms with E-state index < -0.39 is 0 Å². The van der Waals surface area contributed by atoms with Crippen LogP contribution in [0.3, 0.4) is 0 Å². The van der Waals surface area contributed by atoms with Crippen LogP contribution in [0.2, 0.25) is 0 Å². The van der Waals surface area contributed by atoms with Crippen molar-refractivity contribution in [3.63, 3.8) is 0 Å². The fourth-order valence-electron chi connectivity index (χ4n) is 1.84. The van der Waals surface area contributed by atoms with E-state index in [1.54, 1.807) is 0 Å². The van der Waals surface area contributed by atoms with E-state index in [4.69, 9.17) is 0 Å². The molecule has 0 aliphatic carbocycles. The van der Waals surface area contributed by atoms with Crippen LogP contribution in [-0.2, 0) is 6.54 Å². The summed E-state index contributed by atoms with van der Waals surface area (Å²) in [5.74, 6) is 1.01. The molecule has 18 heavy (non-hydrogen) atoms. The predicted octanol–water partition coefficient (Wildman–Crippen LogP) is 2.60. The van der Waals surface area contributed by atoms with E-state index in [9.17, 15) is 0 Å². The first-order chi connectivity index (χ1) is 8.81. The van der Waals surface area contributed by atoms with Crippen molar-refractivity contribution >= 4 is 5.82 Å². The Morgan fingerprint density at radius 1 is 1.06 bits per heavy atom. The van der Waals surface area contributed by atoms with E-state index in [-0.39, 0.29) is 0 Å². The molecule has 1 aromatic heterocycles. The first-order valence-electron chi connectivity index (χ1n) is 7.04. The van der Waals surface area contributed by atoms with Gasteiger partial charge < -0.3 is 10.2 Å². The highest BCUT2D eigenvalue weighted by atomic mass is 15.3. The standard InChI is InChI=1S/C14H26N4/c1-4-6-10-18(11-7-5-2)14-9-8-13(12-15-3)16-17-14/h8-9,15H,4-7,10-12H2,1-3H3. The minimum absolute atomic E-state index is 0.775. The van der Waals surface area contributed by atoms with Gasteiger partial charge in [0.15, 0.2) is 5.82 Å². The summed E-state index contributed by atoms with van der Waals surface area (Å²) in [4.78, 5) is 2.35. The van der Waals surface area contributed by atoms with Gasteiger partial charge in [0.25, 0.3) is 0 Å². The molecule has 0 aliphatic heterocycles. The van der Waals surface area contributed by atoms with E-state index in [1.165, 1.54) is 25.7 Å². The third-order valence-electron chi connectivity index (χ3n) is 2.95. The maximum Gasteiger partial charge on any atom is 0.151 e. The molecule has 102 valence electrons. The number of hydrogen-bond donors (Lipinski definition) is 1. The monoisotopic (exact) mass is 250 g/mol. The predicted molar refractivity (Wildman–Crippen MR) is 76.8 cm³/mol. The van der Waals surface area contributed by atoms with Crippen LogP contribution in [0.15, 0.2) is 12.1 Å². The highest BCUT2D eigenvalue weighted by molar-refractivity contribution is 5.37. The molecule has 1 rings (SSSR count). The molecule has 1 N–H and O–H groups in total. The number of anilines is 1. The Balaban J connectivity index is 2.64. The van der Waals surface area contributed by atoms with Crippen molar-refractivity contribution < 1.29 is 0 Å². The molecule has 0 aliphatic rings. The fourth-order valence-corrected chi connectivity index (χ4v) is 1.84. The Bertz CT molecular complexity index is 302. The summed E-state index contributed by atoms with van der Waals surface area (Å²) in [6, 6.07) is 4.15. The summed E-state index contributed by atoms with van der Waals surface area (Å²) in [6.45, 7) is 7.38. The van der Waals surface area contributed by atoms with Gasteiger partial charge in [-0.05, 0) is 32.0 Å². The first kappa shape index (κ1) is 14.9. The van der Waals surface area contributed by atoms with Crippen LogP contribution in [-0.4, -0.2) is 30.3 Å². The summed E-state index contributed by atoms with van der Waals surface area (Å²) in [5, 5.41) is 11.7. The van der Waals surface area contributed by atoms with Crippen LogP contribution in [0.1, 0.15) is 45.2 Å². The van der Waals surface area contributed by atoms with Crippen molar-refractivity contribution in [2.24, 2.45) is 0 Å². The average molecular weight is 250 g/mol. The van der Waals surface area contributed by atoms with E-state index in [1.807, 2.05) is 7.05 Å². The Labute approximate surface area is 111 Å². The molecule has 0 spiro atoms. The maximum absolute atomic E-state index is 4.34. The summed E-state index contributed by atoms with van der Waals surface area (Å²) in [5.41, 5.74) is 0.993. The van der Waals surface area contributed by atoms with Gasteiger partial charge in [0.2, 0.25) is 0 Å². The van der Waals surface area contributed by atoms with Gasteiger partial charge in [0, 0.05) is 19.6 Å². The van der Waals surface area contributed by atoms with Gasteiger partial charge in [-0.3, -0.25) is 0 Å². The summed E-state index contributed by atoms with van der Waals surface area (Å²) in [7, 11) is 1.92. The molecular formula is C14H26N4. The Morgan fingerprint density at radius 2 is 1.72 bits per heavy atom. The molecule has 0 radical (unpaired) electrons. The SMILES string of the molecule is CCCCN(CCCC)c1ccc(CNC)nn1. The largest absolute Gasteiger partial charge is 0.355 e. The third kappa shape index (κ3) is 5.00. The topological polar surface area (TPSA) is 41.0 Å². The van der Waals surface area contributed by atoms with Crippen molar-refractivity contribution in [2.75, 3.05) is 25.0 Å². The highest BCUT2D eigenvalue weighted by Gasteiger charge is 2.07. The molecule has 4 heteroatoms.